The minimum Gasteiger partial charge on any atom is -0.490 e. The molecule has 0 aliphatic carbocycles. The van der Waals surface area contributed by atoms with E-state index in [1.165, 1.54) is 0 Å². The molecule has 4 nitrogen and oxygen atoms in total. The number of ether oxygens (including phenoxy) is 2. The zero-order chi connectivity index (χ0) is 16.5. The molecular formula is C18H25NO3S. The molecule has 0 aromatic heterocycles. The van der Waals surface area contributed by atoms with Gasteiger partial charge < -0.3 is 14.4 Å². The van der Waals surface area contributed by atoms with Crippen molar-refractivity contribution in [2.45, 2.75) is 25.9 Å². The van der Waals surface area contributed by atoms with Crippen LogP contribution in [0.2, 0.25) is 0 Å². The third kappa shape index (κ3) is 5.50. The van der Waals surface area contributed by atoms with Gasteiger partial charge in [0.1, 0.15) is 6.10 Å². The molecule has 1 aromatic rings. The number of hydrogen-bond donors (Lipinski definition) is 0. The van der Waals surface area contributed by atoms with Gasteiger partial charge in [0, 0.05) is 31.7 Å². The summed E-state index contributed by atoms with van der Waals surface area (Å²) in [5, 5.41) is 0. The van der Waals surface area contributed by atoms with Crippen molar-refractivity contribution in [2.75, 3.05) is 31.2 Å². The molecule has 126 valence electrons. The molecule has 1 saturated heterocycles. The largest absolute Gasteiger partial charge is 0.490 e. The number of nitrogens with zero attached hydrogens (tertiary/aromatic N) is 1. The van der Waals surface area contributed by atoms with E-state index in [1.54, 1.807) is 11.8 Å². The van der Waals surface area contributed by atoms with Gasteiger partial charge in [0.05, 0.1) is 12.4 Å². The lowest BCUT2D eigenvalue weighted by molar-refractivity contribution is -0.130. The van der Waals surface area contributed by atoms with E-state index in [1.807, 2.05) is 42.2 Å². The Labute approximate surface area is 142 Å². The molecule has 0 radical (unpaired) electrons. The molecule has 0 spiro atoms. The van der Waals surface area contributed by atoms with E-state index >= 15 is 0 Å². The first-order valence-corrected chi connectivity index (χ1v) is 9.25. The Kier molecular flexibility index (Phi) is 7.33. The zero-order valence-electron chi connectivity index (χ0n) is 13.7. The van der Waals surface area contributed by atoms with Crippen LogP contribution in [-0.4, -0.2) is 48.1 Å². The second kappa shape index (κ2) is 9.50. The van der Waals surface area contributed by atoms with Crippen LogP contribution in [0.1, 0.15) is 19.8 Å². The van der Waals surface area contributed by atoms with Crippen molar-refractivity contribution >= 4 is 17.7 Å². The van der Waals surface area contributed by atoms with Crippen molar-refractivity contribution in [3.8, 4) is 11.5 Å². The Morgan fingerprint density at radius 2 is 2.04 bits per heavy atom. The maximum absolute atomic E-state index is 12.1. The topological polar surface area (TPSA) is 38.8 Å². The van der Waals surface area contributed by atoms with E-state index in [0.717, 1.165) is 43.2 Å². The summed E-state index contributed by atoms with van der Waals surface area (Å²) < 4.78 is 11.7. The van der Waals surface area contributed by atoms with E-state index in [2.05, 4.69) is 6.58 Å². The lowest BCUT2D eigenvalue weighted by Crippen LogP contribution is -2.42. The van der Waals surface area contributed by atoms with Crippen molar-refractivity contribution in [1.29, 1.82) is 0 Å². The third-order valence-corrected chi connectivity index (χ3v) is 4.62. The van der Waals surface area contributed by atoms with Gasteiger partial charge in [0.25, 0.3) is 0 Å². The monoisotopic (exact) mass is 335 g/mol. The van der Waals surface area contributed by atoms with Crippen LogP contribution in [0, 0.1) is 0 Å². The average Bonchev–Trinajstić information content (AvgIpc) is 2.58. The molecule has 1 amide bonds. The number of carbonyl (C=O) groups is 1. The number of amides is 1. The van der Waals surface area contributed by atoms with Crippen LogP contribution in [0.15, 0.2) is 36.9 Å². The van der Waals surface area contributed by atoms with E-state index < -0.39 is 0 Å². The van der Waals surface area contributed by atoms with E-state index in [9.17, 15) is 4.79 Å². The second-order valence-corrected chi connectivity index (χ2v) is 6.41. The number of piperidine rings is 1. The van der Waals surface area contributed by atoms with Gasteiger partial charge in [-0.3, -0.25) is 4.79 Å². The number of rotatable bonds is 8. The molecule has 1 aliphatic heterocycles. The summed E-state index contributed by atoms with van der Waals surface area (Å²) in [6.07, 6.45) is 3.69. The minimum atomic E-state index is 0.140. The number of hydrogen-bond acceptors (Lipinski definition) is 4. The van der Waals surface area contributed by atoms with Crippen LogP contribution in [0.3, 0.4) is 0 Å². The summed E-state index contributed by atoms with van der Waals surface area (Å²) in [4.78, 5) is 14.0. The highest BCUT2D eigenvalue weighted by atomic mass is 32.2. The van der Waals surface area contributed by atoms with Gasteiger partial charge in [-0.25, -0.2) is 0 Å². The Morgan fingerprint density at radius 3 is 2.70 bits per heavy atom. The highest BCUT2D eigenvalue weighted by Gasteiger charge is 2.24. The van der Waals surface area contributed by atoms with Crippen LogP contribution < -0.4 is 9.47 Å². The van der Waals surface area contributed by atoms with Crippen molar-refractivity contribution in [2.24, 2.45) is 0 Å². The van der Waals surface area contributed by atoms with Crippen LogP contribution in [0.4, 0.5) is 0 Å². The van der Waals surface area contributed by atoms with Gasteiger partial charge in [-0.15, -0.1) is 18.3 Å². The quantitative estimate of drug-likeness (QED) is 0.539. The first kappa shape index (κ1) is 17.7. The van der Waals surface area contributed by atoms with Gasteiger partial charge in [-0.05, 0) is 19.1 Å². The van der Waals surface area contributed by atoms with E-state index in [-0.39, 0.29) is 12.0 Å². The molecule has 1 aliphatic rings. The average molecular weight is 335 g/mol. The predicted molar refractivity (Wildman–Crippen MR) is 95.4 cm³/mol. The Balaban J connectivity index is 1.81. The summed E-state index contributed by atoms with van der Waals surface area (Å²) >= 11 is 1.61. The zero-order valence-corrected chi connectivity index (χ0v) is 14.5. The van der Waals surface area contributed by atoms with Gasteiger partial charge in [-0.1, -0.05) is 18.2 Å². The van der Waals surface area contributed by atoms with Gasteiger partial charge in [0.15, 0.2) is 11.5 Å². The summed E-state index contributed by atoms with van der Waals surface area (Å²) in [7, 11) is 0. The normalized spacial score (nSPS) is 15.3. The Hall–Kier alpha value is -1.62. The summed E-state index contributed by atoms with van der Waals surface area (Å²) in [6, 6.07) is 7.76. The molecule has 0 unspecified atom stereocenters. The van der Waals surface area contributed by atoms with Crippen molar-refractivity contribution in [3.05, 3.63) is 36.9 Å². The van der Waals surface area contributed by atoms with Crippen molar-refractivity contribution < 1.29 is 14.3 Å². The highest BCUT2D eigenvalue weighted by Crippen LogP contribution is 2.29. The molecular weight excluding hydrogens is 310 g/mol. The van der Waals surface area contributed by atoms with Crippen LogP contribution in [-0.2, 0) is 4.79 Å². The Bertz CT molecular complexity index is 513. The third-order valence-electron chi connectivity index (χ3n) is 3.70. The highest BCUT2D eigenvalue weighted by molar-refractivity contribution is 8.00. The summed E-state index contributed by atoms with van der Waals surface area (Å²) in [5.41, 5.74) is 0. The van der Waals surface area contributed by atoms with Crippen LogP contribution in [0.25, 0.3) is 0 Å². The lowest BCUT2D eigenvalue weighted by Gasteiger charge is -2.32. The molecule has 1 fully saturated rings. The summed E-state index contributed by atoms with van der Waals surface area (Å²) in [5.74, 6) is 3.14. The standard InChI is InChI=1S/C18H25NO3S/c1-3-13-23-14-18(20)19-11-9-15(10-12-19)22-17-8-6-5-7-16(17)21-4-2/h3,5-8,15H,1,4,9-14H2,2H3. The van der Waals surface area contributed by atoms with Gasteiger partial charge >= 0.3 is 0 Å². The Morgan fingerprint density at radius 1 is 1.35 bits per heavy atom. The molecule has 0 saturated carbocycles. The van der Waals surface area contributed by atoms with Gasteiger partial charge in [-0.2, -0.15) is 0 Å². The number of benzene rings is 1. The first-order chi connectivity index (χ1) is 11.2. The number of para-hydroxylation sites is 2. The molecule has 1 aromatic carbocycles. The fourth-order valence-electron chi connectivity index (χ4n) is 2.55. The van der Waals surface area contributed by atoms with Crippen molar-refractivity contribution in [1.82, 2.24) is 4.90 Å². The molecule has 0 N–H and O–H groups in total. The SMILES string of the molecule is C=CCSCC(=O)N1CCC(Oc2ccccc2OCC)CC1. The number of carbonyl (C=O) groups excluding carboxylic acids is 1. The summed E-state index contributed by atoms with van der Waals surface area (Å²) in [6.45, 7) is 7.77. The lowest BCUT2D eigenvalue weighted by atomic mass is 10.1. The fraction of sp³-hybridized carbons (Fsp3) is 0.500. The van der Waals surface area contributed by atoms with E-state index in [0.29, 0.717) is 12.4 Å². The van der Waals surface area contributed by atoms with Gasteiger partial charge in [0.2, 0.25) is 5.91 Å². The molecule has 0 bridgehead atoms. The molecule has 1 heterocycles. The number of thioether (sulfide) groups is 1. The minimum absolute atomic E-state index is 0.140. The smallest absolute Gasteiger partial charge is 0.232 e. The van der Waals surface area contributed by atoms with Crippen molar-refractivity contribution in [3.63, 3.8) is 0 Å². The molecule has 2 rings (SSSR count). The maximum Gasteiger partial charge on any atom is 0.232 e. The maximum atomic E-state index is 12.1. The molecule has 23 heavy (non-hydrogen) atoms. The molecule has 0 atom stereocenters. The predicted octanol–water partition coefficient (Wildman–Crippen LogP) is 3.37. The second-order valence-electron chi connectivity index (χ2n) is 5.38. The van der Waals surface area contributed by atoms with Crippen LogP contribution >= 0.6 is 11.8 Å². The van der Waals surface area contributed by atoms with Crippen LogP contribution in [0.5, 0.6) is 11.5 Å². The molecule has 5 heteroatoms. The number of likely N-dealkylation sites (tertiary alicyclic amines) is 1. The first-order valence-electron chi connectivity index (χ1n) is 8.09. The fourth-order valence-corrected chi connectivity index (χ4v) is 3.19. The van der Waals surface area contributed by atoms with E-state index in [4.69, 9.17) is 9.47 Å².